The molecule has 1 spiro atoms. The van der Waals surface area contributed by atoms with Gasteiger partial charge in [-0.3, -0.25) is 9.48 Å². The van der Waals surface area contributed by atoms with E-state index in [9.17, 15) is 14.3 Å². The van der Waals surface area contributed by atoms with Gasteiger partial charge in [-0.25, -0.2) is 4.39 Å². The zero-order valence-corrected chi connectivity index (χ0v) is 16.5. The van der Waals surface area contributed by atoms with E-state index in [-0.39, 0.29) is 11.7 Å². The van der Waals surface area contributed by atoms with Crippen molar-refractivity contribution in [1.29, 1.82) is 0 Å². The molecule has 3 heterocycles. The lowest BCUT2D eigenvalue weighted by Crippen LogP contribution is -2.54. The van der Waals surface area contributed by atoms with Crippen LogP contribution in [0.3, 0.4) is 0 Å². The molecule has 150 valence electrons. The number of carbonyl (C=O) groups excluding carboxylic acids is 1. The highest BCUT2D eigenvalue weighted by atomic mass is 19.1. The maximum absolute atomic E-state index is 13.2. The number of carbonyl (C=O) groups is 1. The Kier molecular flexibility index (Phi) is 4.45. The molecule has 0 radical (unpaired) electrons. The smallest absolute Gasteiger partial charge is 0.232 e. The molecule has 1 fully saturated rings. The van der Waals surface area contributed by atoms with Gasteiger partial charge in [0.1, 0.15) is 23.2 Å². The number of aliphatic hydroxyl groups is 1. The molecule has 6 nitrogen and oxygen atoms in total. The lowest BCUT2D eigenvalue weighted by molar-refractivity contribution is -0.141. The molecule has 0 bridgehead atoms. The molecule has 4 rings (SSSR count). The quantitative estimate of drug-likeness (QED) is 0.860. The summed E-state index contributed by atoms with van der Waals surface area (Å²) in [7, 11) is 1.81. The highest BCUT2D eigenvalue weighted by Crippen LogP contribution is 2.44. The van der Waals surface area contributed by atoms with Crippen LogP contribution < -0.4 is 4.74 Å². The molecule has 1 atom stereocenters. The molecule has 0 aliphatic carbocycles. The van der Waals surface area contributed by atoms with Gasteiger partial charge in [-0.15, -0.1) is 0 Å². The van der Waals surface area contributed by atoms with E-state index in [1.807, 2.05) is 18.7 Å². The topological polar surface area (TPSA) is 67.6 Å². The number of likely N-dealkylation sites (tertiary alicyclic amines) is 1. The minimum Gasteiger partial charge on any atom is -0.483 e. The molecule has 2 aromatic rings. The van der Waals surface area contributed by atoms with Crippen LogP contribution in [0.4, 0.5) is 4.39 Å². The molecule has 1 unspecified atom stereocenters. The van der Waals surface area contributed by atoms with Crippen molar-refractivity contribution in [1.82, 2.24) is 14.7 Å². The first-order valence-electron chi connectivity index (χ1n) is 9.66. The summed E-state index contributed by atoms with van der Waals surface area (Å²) in [4.78, 5) is 15.0. The molecule has 1 saturated heterocycles. The Morgan fingerprint density at radius 1 is 1.29 bits per heavy atom. The van der Waals surface area contributed by atoms with E-state index in [1.54, 1.807) is 30.1 Å². The molecule has 2 aliphatic heterocycles. The Hall–Kier alpha value is -2.41. The summed E-state index contributed by atoms with van der Waals surface area (Å²) in [6.07, 6.45) is 2.94. The van der Waals surface area contributed by atoms with Crippen LogP contribution in [-0.4, -0.2) is 44.4 Å². The van der Waals surface area contributed by atoms with Crippen molar-refractivity contribution < 1.29 is 19.0 Å². The third kappa shape index (κ3) is 3.17. The predicted octanol–water partition coefficient (Wildman–Crippen LogP) is 2.71. The number of aryl methyl sites for hydroxylation is 1. The second kappa shape index (κ2) is 6.58. The van der Waals surface area contributed by atoms with Crippen LogP contribution in [-0.2, 0) is 17.3 Å². The van der Waals surface area contributed by atoms with Gasteiger partial charge in [0.25, 0.3) is 0 Å². The summed E-state index contributed by atoms with van der Waals surface area (Å²) >= 11 is 0. The first-order chi connectivity index (χ1) is 13.2. The number of piperidine rings is 1. The van der Waals surface area contributed by atoms with Crippen LogP contribution in [0.25, 0.3) is 0 Å². The van der Waals surface area contributed by atoms with E-state index in [0.29, 0.717) is 43.8 Å². The summed E-state index contributed by atoms with van der Waals surface area (Å²) in [5, 5.41) is 14.8. The minimum atomic E-state index is -0.734. The molecule has 7 heteroatoms. The van der Waals surface area contributed by atoms with E-state index < -0.39 is 17.1 Å². The maximum Gasteiger partial charge on any atom is 0.232 e. The first kappa shape index (κ1) is 18.9. The zero-order valence-electron chi connectivity index (χ0n) is 16.5. The fourth-order valence-corrected chi connectivity index (χ4v) is 4.33. The Bertz CT molecular complexity index is 883. The van der Waals surface area contributed by atoms with E-state index in [4.69, 9.17) is 4.74 Å². The highest BCUT2D eigenvalue weighted by molar-refractivity contribution is 5.87. The number of ether oxygens (including phenoxy) is 1. The standard InChI is InChI=1S/C21H26FN3O3/c1-20(2,14-4-6-15(22)7-5-14)19(27)25-10-8-21(9-11-25)12-16(26)18-17(28-21)13-24(3)23-18/h4-7,13,16,26H,8-12H2,1-3H3. The van der Waals surface area contributed by atoms with Gasteiger partial charge in [0.15, 0.2) is 5.75 Å². The van der Waals surface area contributed by atoms with Crippen LogP contribution in [0.1, 0.15) is 50.5 Å². The first-order valence-corrected chi connectivity index (χ1v) is 9.66. The van der Waals surface area contributed by atoms with Crippen molar-refractivity contribution in [2.45, 2.75) is 50.2 Å². The third-order valence-electron chi connectivity index (χ3n) is 6.09. The SMILES string of the molecule is Cn1cc2c(n1)C(O)CC1(CCN(C(=O)C(C)(C)c3ccc(F)cc3)CC1)O2. The molecule has 1 amide bonds. The number of aromatic nitrogens is 2. The minimum absolute atomic E-state index is 0.0207. The predicted molar refractivity (Wildman–Crippen MR) is 101 cm³/mol. The number of aliphatic hydroxyl groups excluding tert-OH is 1. The van der Waals surface area contributed by atoms with Crippen molar-refractivity contribution in [2.75, 3.05) is 13.1 Å². The molecule has 1 N–H and O–H groups in total. The van der Waals surface area contributed by atoms with Gasteiger partial charge in [-0.05, 0) is 31.5 Å². The summed E-state index contributed by atoms with van der Waals surface area (Å²) in [5.41, 5.74) is 0.182. The third-order valence-corrected chi connectivity index (χ3v) is 6.09. The van der Waals surface area contributed by atoms with E-state index in [1.165, 1.54) is 12.1 Å². The average molecular weight is 387 g/mol. The van der Waals surface area contributed by atoms with Gasteiger partial charge >= 0.3 is 0 Å². The fraction of sp³-hybridized carbons (Fsp3) is 0.524. The molecule has 2 aliphatic rings. The average Bonchev–Trinajstić information content (AvgIpc) is 3.02. The zero-order chi connectivity index (χ0) is 20.1. The van der Waals surface area contributed by atoms with Gasteiger partial charge < -0.3 is 14.7 Å². The molecular weight excluding hydrogens is 361 g/mol. The van der Waals surface area contributed by atoms with E-state index >= 15 is 0 Å². The number of amides is 1. The van der Waals surface area contributed by atoms with Crippen molar-refractivity contribution in [3.63, 3.8) is 0 Å². The lowest BCUT2D eigenvalue weighted by atomic mass is 9.80. The second-order valence-electron chi connectivity index (χ2n) is 8.48. The lowest BCUT2D eigenvalue weighted by Gasteiger charge is -2.46. The second-order valence-corrected chi connectivity index (χ2v) is 8.48. The van der Waals surface area contributed by atoms with Gasteiger partial charge in [0, 0.05) is 39.4 Å². The van der Waals surface area contributed by atoms with Crippen molar-refractivity contribution in [2.24, 2.45) is 7.05 Å². The van der Waals surface area contributed by atoms with Crippen LogP contribution in [0.5, 0.6) is 5.75 Å². The van der Waals surface area contributed by atoms with Crippen molar-refractivity contribution in [3.8, 4) is 5.75 Å². The normalized spacial score (nSPS) is 21.3. The van der Waals surface area contributed by atoms with E-state index in [2.05, 4.69) is 5.10 Å². The molecule has 0 saturated carbocycles. The summed E-state index contributed by atoms with van der Waals surface area (Å²) in [6.45, 7) is 4.86. The number of benzene rings is 1. The maximum atomic E-state index is 13.2. The summed E-state index contributed by atoms with van der Waals surface area (Å²) < 4.78 is 21.1. The highest BCUT2D eigenvalue weighted by Gasteiger charge is 2.46. The molecular formula is C21H26FN3O3. The van der Waals surface area contributed by atoms with Gasteiger partial charge in [-0.2, -0.15) is 5.10 Å². The van der Waals surface area contributed by atoms with Crippen LogP contribution in [0.2, 0.25) is 0 Å². The monoisotopic (exact) mass is 387 g/mol. The number of hydrogen-bond acceptors (Lipinski definition) is 4. The summed E-state index contributed by atoms with van der Waals surface area (Å²) in [5.74, 6) is 0.342. The van der Waals surface area contributed by atoms with Gasteiger partial charge in [0.05, 0.1) is 11.6 Å². The Labute approximate surface area is 163 Å². The number of halogens is 1. The number of fused-ring (bicyclic) bond motifs is 1. The Morgan fingerprint density at radius 2 is 1.93 bits per heavy atom. The number of rotatable bonds is 2. The van der Waals surface area contributed by atoms with Crippen LogP contribution >= 0.6 is 0 Å². The number of nitrogens with zero attached hydrogens (tertiary/aromatic N) is 3. The number of hydrogen-bond donors (Lipinski definition) is 1. The van der Waals surface area contributed by atoms with Crippen LogP contribution in [0, 0.1) is 5.82 Å². The van der Waals surface area contributed by atoms with Crippen molar-refractivity contribution >= 4 is 5.91 Å². The van der Waals surface area contributed by atoms with Gasteiger partial charge in [0.2, 0.25) is 5.91 Å². The van der Waals surface area contributed by atoms with Crippen molar-refractivity contribution in [3.05, 3.63) is 47.5 Å². The Morgan fingerprint density at radius 3 is 2.57 bits per heavy atom. The van der Waals surface area contributed by atoms with E-state index in [0.717, 1.165) is 5.56 Å². The molecule has 1 aromatic carbocycles. The Balaban J connectivity index is 1.47. The molecule has 1 aromatic heterocycles. The largest absolute Gasteiger partial charge is 0.483 e. The summed E-state index contributed by atoms with van der Waals surface area (Å²) in [6, 6.07) is 6.11. The van der Waals surface area contributed by atoms with Crippen LogP contribution in [0.15, 0.2) is 30.5 Å². The molecule has 28 heavy (non-hydrogen) atoms. The fourth-order valence-electron chi connectivity index (χ4n) is 4.33. The van der Waals surface area contributed by atoms with Gasteiger partial charge in [-0.1, -0.05) is 12.1 Å².